The van der Waals surface area contributed by atoms with Crippen molar-refractivity contribution >= 4 is 29.9 Å². The van der Waals surface area contributed by atoms with Crippen LogP contribution in [0.4, 0.5) is 0 Å². The number of hydrogen-bond acceptors (Lipinski definition) is 5. The van der Waals surface area contributed by atoms with Gasteiger partial charge < -0.3 is 20.1 Å². The summed E-state index contributed by atoms with van der Waals surface area (Å²) in [7, 11) is 0. The molecule has 0 saturated carbocycles. The van der Waals surface area contributed by atoms with Crippen LogP contribution in [0.3, 0.4) is 0 Å². The average molecular weight is 546 g/mol. The fourth-order valence-electron chi connectivity index (χ4n) is 3.95. The van der Waals surface area contributed by atoms with Crippen LogP contribution in [0.2, 0.25) is 0 Å². The molecule has 0 bridgehead atoms. The summed E-state index contributed by atoms with van der Waals surface area (Å²) in [6.45, 7) is 17.3. The van der Waals surface area contributed by atoms with Gasteiger partial charge >= 0.3 is 0 Å². The number of rotatable bonds is 8. The van der Waals surface area contributed by atoms with Crippen molar-refractivity contribution in [2.45, 2.75) is 39.4 Å². The van der Waals surface area contributed by atoms with Gasteiger partial charge in [-0.15, -0.1) is 24.0 Å². The molecular weight excluding hydrogens is 505 g/mol. The molecule has 31 heavy (non-hydrogen) atoms. The maximum atomic E-state index is 5.50. The van der Waals surface area contributed by atoms with Crippen molar-refractivity contribution in [3.05, 3.63) is 35.4 Å². The van der Waals surface area contributed by atoms with Gasteiger partial charge in [0.25, 0.3) is 0 Å². The molecule has 3 rings (SSSR count). The molecular formula is C23H40IN5O2. The first kappa shape index (κ1) is 26.3. The van der Waals surface area contributed by atoms with Crippen molar-refractivity contribution in [1.29, 1.82) is 0 Å². The first-order valence-electron chi connectivity index (χ1n) is 11.3. The average Bonchev–Trinajstić information content (AvgIpc) is 2.78. The molecule has 2 fully saturated rings. The summed E-state index contributed by atoms with van der Waals surface area (Å²) in [5.41, 5.74) is 2.69. The van der Waals surface area contributed by atoms with Gasteiger partial charge in [-0.1, -0.05) is 24.3 Å². The Morgan fingerprint density at radius 1 is 0.968 bits per heavy atom. The van der Waals surface area contributed by atoms with Crippen molar-refractivity contribution in [1.82, 2.24) is 20.4 Å². The Morgan fingerprint density at radius 2 is 1.58 bits per heavy atom. The molecule has 1 aromatic rings. The summed E-state index contributed by atoms with van der Waals surface area (Å²) >= 11 is 0. The Bertz CT molecular complexity index is 674. The third-order valence-corrected chi connectivity index (χ3v) is 5.92. The van der Waals surface area contributed by atoms with E-state index in [4.69, 9.17) is 14.5 Å². The second-order valence-corrected chi connectivity index (χ2v) is 8.62. The smallest absolute Gasteiger partial charge is 0.191 e. The minimum Gasteiger partial charge on any atom is -0.379 e. The molecule has 2 aliphatic rings. The monoisotopic (exact) mass is 545 g/mol. The molecule has 0 amide bonds. The predicted molar refractivity (Wildman–Crippen MR) is 137 cm³/mol. The van der Waals surface area contributed by atoms with Gasteiger partial charge in [-0.25, -0.2) is 4.99 Å². The Balaban J connectivity index is 0.00000341. The maximum absolute atomic E-state index is 5.50. The number of hydrogen-bond donors (Lipinski definition) is 2. The van der Waals surface area contributed by atoms with Gasteiger partial charge in [-0.3, -0.25) is 9.80 Å². The van der Waals surface area contributed by atoms with Gasteiger partial charge in [0.05, 0.1) is 33.0 Å². The Labute approximate surface area is 205 Å². The summed E-state index contributed by atoms with van der Waals surface area (Å²) < 4.78 is 11.0. The first-order valence-corrected chi connectivity index (χ1v) is 11.3. The van der Waals surface area contributed by atoms with E-state index in [1.54, 1.807) is 0 Å². The number of nitrogens with one attached hydrogen (secondary N) is 2. The van der Waals surface area contributed by atoms with E-state index in [2.05, 4.69) is 65.5 Å². The maximum Gasteiger partial charge on any atom is 0.191 e. The second kappa shape index (κ2) is 13.6. The molecule has 1 aromatic carbocycles. The van der Waals surface area contributed by atoms with E-state index in [1.807, 2.05) is 0 Å². The fourth-order valence-corrected chi connectivity index (χ4v) is 3.95. The number of halogens is 1. The molecule has 0 aromatic heterocycles. The number of guanidine groups is 1. The summed E-state index contributed by atoms with van der Waals surface area (Å²) in [4.78, 5) is 9.84. The molecule has 7 nitrogen and oxygen atoms in total. The number of ether oxygens (including phenoxy) is 2. The van der Waals surface area contributed by atoms with Crippen LogP contribution in [0.5, 0.6) is 0 Å². The van der Waals surface area contributed by atoms with E-state index in [9.17, 15) is 0 Å². The van der Waals surface area contributed by atoms with Crippen LogP contribution < -0.4 is 10.6 Å². The predicted octanol–water partition coefficient (Wildman–Crippen LogP) is 2.30. The van der Waals surface area contributed by atoms with Gasteiger partial charge in [0.2, 0.25) is 0 Å². The van der Waals surface area contributed by atoms with E-state index in [0.717, 1.165) is 78.2 Å². The zero-order chi connectivity index (χ0) is 21.2. The lowest BCUT2D eigenvalue weighted by Crippen LogP contribution is -2.56. The standard InChI is InChI=1S/C23H39N5O2.HI/c1-4-24-22(26-19-23(2,3)28-11-15-30-16-12-28)25-17-20-7-5-6-8-21(20)18-27-9-13-29-14-10-27;/h5-8H,4,9-19H2,1-3H3,(H2,24,25,26);1H. The topological polar surface area (TPSA) is 61.4 Å². The summed E-state index contributed by atoms with van der Waals surface area (Å²) in [5, 5.41) is 6.96. The van der Waals surface area contributed by atoms with Gasteiger partial charge in [-0.2, -0.15) is 0 Å². The number of aliphatic imine (C=N–C) groups is 1. The van der Waals surface area contributed by atoms with Gasteiger partial charge in [0.15, 0.2) is 5.96 Å². The summed E-state index contributed by atoms with van der Waals surface area (Å²) in [6.07, 6.45) is 0. The molecule has 8 heteroatoms. The molecule has 2 heterocycles. The zero-order valence-corrected chi connectivity index (χ0v) is 21.7. The van der Waals surface area contributed by atoms with Gasteiger partial charge in [0, 0.05) is 51.4 Å². The molecule has 2 saturated heterocycles. The summed E-state index contributed by atoms with van der Waals surface area (Å²) in [6, 6.07) is 8.65. The number of morpholine rings is 2. The molecule has 0 spiro atoms. The van der Waals surface area contributed by atoms with Crippen molar-refractivity contribution in [2.24, 2.45) is 4.99 Å². The van der Waals surface area contributed by atoms with Crippen LogP contribution >= 0.6 is 24.0 Å². The van der Waals surface area contributed by atoms with Crippen LogP contribution in [0.25, 0.3) is 0 Å². The molecule has 0 radical (unpaired) electrons. The van der Waals surface area contributed by atoms with Crippen molar-refractivity contribution < 1.29 is 9.47 Å². The quantitative estimate of drug-likeness (QED) is 0.297. The number of benzene rings is 1. The van der Waals surface area contributed by atoms with Crippen molar-refractivity contribution in [2.75, 3.05) is 65.7 Å². The summed E-state index contributed by atoms with van der Waals surface area (Å²) in [5.74, 6) is 0.875. The zero-order valence-electron chi connectivity index (χ0n) is 19.4. The van der Waals surface area contributed by atoms with E-state index in [0.29, 0.717) is 6.54 Å². The highest BCUT2D eigenvalue weighted by atomic mass is 127. The van der Waals surface area contributed by atoms with E-state index < -0.39 is 0 Å². The van der Waals surface area contributed by atoms with Crippen LogP contribution in [0.1, 0.15) is 31.9 Å². The molecule has 0 unspecified atom stereocenters. The third-order valence-electron chi connectivity index (χ3n) is 5.92. The minimum atomic E-state index is 0. The Kier molecular flexibility index (Phi) is 11.5. The highest BCUT2D eigenvalue weighted by molar-refractivity contribution is 14.0. The lowest BCUT2D eigenvalue weighted by molar-refractivity contribution is -0.00834. The molecule has 176 valence electrons. The van der Waals surface area contributed by atoms with E-state index in [-0.39, 0.29) is 29.5 Å². The lowest BCUT2D eigenvalue weighted by atomic mass is 10.0. The minimum absolute atomic E-state index is 0. The van der Waals surface area contributed by atoms with E-state index >= 15 is 0 Å². The molecule has 0 atom stereocenters. The SMILES string of the molecule is CCNC(=NCc1ccccc1CN1CCOCC1)NCC(C)(C)N1CCOCC1.I. The van der Waals surface area contributed by atoms with Crippen molar-refractivity contribution in [3.8, 4) is 0 Å². The molecule has 2 aliphatic heterocycles. The van der Waals surface area contributed by atoms with Crippen LogP contribution in [-0.2, 0) is 22.6 Å². The lowest BCUT2D eigenvalue weighted by Gasteiger charge is -2.41. The Hall–Kier alpha value is -0.940. The highest BCUT2D eigenvalue weighted by Gasteiger charge is 2.28. The fraction of sp³-hybridized carbons (Fsp3) is 0.696. The van der Waals surface area contributed by atoms with Crippen molar-refractivity contribution in [3.63, 3.8) is 0 Å². The number of nitrogens with zero attached hydrogens (tertiary/aromatic N) is 3. The van der Waals surface area contributed by atoms with Gasteiger partial charge in [-0.05, 0) is 31.9 Å². The highest BCUT2D eigenvalue weighted by Crippen LogP contribution is 2.16. The largest absolute Gasteiger partial charge is 0.379 e. The van der Waals surface area contributed by atoms with Gasteiger partial charge in [0.1, 0.15) is 0 Å². The first-order chi connectivity index (χ1) is 14.6. The Morgan fingerprint density at radius 3 is 2.23 bits per heavy atom. The second-order valence-electron chi connectivity index (χ2n) is 8.62. The van der Waals surface area contributed by atoms with Crippen LogP contribution in [-0.4, -0.2) is 87.0 Å². The van der Waals surface area contributed by atoms with E-state index in [1.165, 1.54) is 11.1 Å². The molecule has 0 aliphatic carbocycles. The van der Waals surface area contributed by atoms with Crippen LogP contribution in [0, 0.1) is 0 Å². The third kappa shape index (κ3) is 8.49. The normalized spacial score (nSPS) is 19.0. The molecule has 2 N–H and O–H groups in total. The van der Waals surface area contributed by atoms with Crippen LogP contribution in [0.15, 0.2) is 29.3 Å².